The third-order valence-electron chi connectivity index (χ3n) is 6.07. The van der Waals surface area contributed by atoms with Crippen LogP contribution in [0, 0.1) is 0 Å². The van der Waals surface area contributed by atoms with Crippen LogP contribution in [0.15, 0.2) is 90.4 Å². The topological polar surface area (TPSA) is 87.5 Å². The Bertz CT molecular complexity index is 1450. The number of aromatic nitrogens is 3. The number of hydrogen-bond donors (Lipinski definition) is 1. The van der Waals surface area contributed by atoms with Crippen LogP contribution < -0.4 is 14.8 Å². The van der Waals surface area contributed by atoms with Gasteiger partial charge in [0.15, 0.2) is 11.5 Å². The second kappa shape index (κ2) is 10.8. The molecule has 37 heavy (non-hydrogen) atoms. The van der Waals surface area contributed by atoms with E-state index in [1.165, 1.54) is 6.33 Å². The lowest BCUT2D eigenvalue weighted by Gasteiger charge is -2.28. The maximum Gasteiger partial charge on any atom is 0.338 e. The Kier molecular flexibility index (Phi) is 7.09. The first-order valence-corrected chi connectivity index (χ1v) is 12.1. The first-order valence-electron chi connectivity index (χ1n) is 11.7. The van der Waals surface area contributed by atoms with Crippen molar-refractivity contribution in [1.82, 2.24) is 14.8 Å². The number of nitrogens with one attached hydrogen (secondary N) is 1. The Morgan fingerprint density at radius 1 is 1.03 bits per heavy atom. The quantitative estimate of drug-likeness (QED) is 0.307. The number of rotatable bonds is 8. The van der Waals surface area contributed by atoms with Crippen molar-refractivity contribution < 1.29 is 19.0 Å². The maximum absolute atomic E-state index is 13.4. The maximum atomic E-state index is 13.4. The molecule has 1 aromatic heterocycles. The van der Waals surface area contributed by atoms with E-state index in [0.29, 0.717) is 33.7 Å². The third kappa shape index (κ3) is 5.15. The summed E-state index contributed by atoms with van der Waals surface area (Å²) in [6.45, 7) is 2.26. The van der Waals surface area contributed by atoms with Gasteiger partial charge < -0.3 is 19.5 Å². The molecule has 0 saturated heterocycles. The van der Waals surface area contributed by atoms with Crippen LogP contribution >= 0.6 is 11.6 Å². The van der Waals surface area contributed by atoms with Crippen LogP contribution in [-0.4, -0.2) is 27.8 Å². The molecule has 1 aliphatic rings. The van der Waals surface area contributed by atoms with E-state index in [9.17, 15) is 4.79 Å². The van der Waals surface area contributed by atoms with Crippen LogP contribution in [0.2, 0.25) is 5.02 Å². The number of anilines is 1. The molecule has 0 aliphatic carbocycles. The van der Waals surface area contributed by atoms with Gasteiger partial charge in [0.05, 0.1) is 12.7 Å². The monoisotopic (exact) mass is 516 g/mol. The molecule has 0 spiro atoms. The number of ether oxygens (including phenoxy) is 3. The van der Waals surface area contributed by atoms with Crippen molar-refractivity contribution in [2.45, 2.75) is 26.2 Å². The van der Waals surface area contributed by atoms with Gasteiger partial charge in [-0.1, -0.05) is 66.2 Å². The lowest BCUT2D eigenvalue weighted by atomic mass is 9.95. The summed E-state index contributed by atoms with van der Waals surface area (Å²) in [7, 11) is 1.57. The number of benzene rings is 3. The van der Waals surface area contributed by atoms with Crippen molar-refractivity contribution in [2.24, 2.45) is 0 Å². The number of nitrogens with zero attached hydrogens (tertiary/aromatic N) is 3. The van der Waals surface area contributed by atoms with Gasteiger partial charge in [0.2, 0.25) is 5.95 Å². The Labute approximate surface area is 219 Å². The molecule has 5 rings (SSSR count). The van der Waals surface area contributed by atoms with Crippen molar-refractivity contribution in [2.75, 3.05) is 12.4 Å². The average Bonchev–Trinajstić information content (AvgIpc) is 3.39. The largest absolute Gasteiger partial charge is 0.493 e. The highest BCUT2D eigenvalue weighted by Crippen LogP contribution is 2.39. The Morgan fingerprint density at radius 2 is 1.81 bits per heavy atom. The number of halogens is 1. The van der Waals surface area contributed by atoms with Crippen LogP contribution in [0.25, 0.3) is 0 Å². The molecular weight excluding hydrogens is 492 g/mol. The molecule has 0 amide bonds. The van der Waals surface area contributed by atoms with Gasteiger partial charge in [0.1, 0.15) is 25.6 Å². The van der Waals surface area contributed by atoms with E-state index in [4.69, 9.17) is 25.8 Å². The molecule has 1 atom stereocenters. The number of methoxy groups -OCH3 is 1. The Morgan fingerprint density at radius 3 is 2.59 bits per heavy atom. The summed E-state index contributed by atoms with van der Waals surface area (Å²) in [5, 5.41) is 8.16. The molecule has 8 nitrogen and oxygen atoms in total. The van der Waals surface area contributed by atoms with Gasteiger partial charge in [-0.2, -0.15) is 10.1 Å². The summed E-state index contributed by atoms with van der Waals surface area (Å²) in [4.78, 5) is 17.6. The molecule has 0 saturated carbocycles. The van der Waals surface area contributed by atoms with E-state index in [-0.39, 0.29) is 13.2 Å². The molecule has 9 heteroatoms. The van der Waals surface area contributed by atoms with Crippen LogP contribution in [-0.2, 0) is 22.7 Å². The predicted molar refractivity (Wildman–Crippen MR) is 139 cm³/mol. The van der Waals surface area contributed by atoms with Crippen LogP contribution in [0.3, 0.4) is 0 Å². The second-order valence-electron chi connectivity index (χ2n) is 8.45. The summed E-state index contributed by atoms with van der Waals surface area (Å²) >= 11 is 6.27. The minimum atomic E-state index is -0.575. The third-order valence-corrected chi connectivity index (χ3v) is 6.44. The van der Waals surface area contributed by atoms with Gasteiger partial charge in [-0.25, -0.2) is 9.48 Å². The molecule has 0 radical (unpaired) electrons. The highest BCUT2D eigenvalue weighted by Gasteiger charge is 2.35. The van der Waals surface area contributed by atoms with Gasteiger partial charge in [-0.05, 0) is 36.2 Å². The second-order valence-corrected chi connectivity index (χ2v) is 8.85. The van der Waals surface area contributed by atoms with E-state index in [0.717, 1.165) is 16.7 Å². The Hall–Kier alpha value is -4.30. The first kappa shape index (κ1) is 24.4. The van der Waals surface area contributed by atoms with Crippen molar-refractivity contribution in [3.8, 4) is 11.5 Å². The highest BCUT2D eigenvalue weighted by molar-refractivity contribution is 6.31. The molecule has 1 N–H and O–H groups in total. The van der Waals surface area contributed by atoms with Crippen molar-refractivity contribution in [3.63, 3.8) is 0 Å². The van der Waals surface area contributed by atoms with Crippen molar-refractivity contribution >= 4 is 23.5 Å². The molecule has 1 unspecified atom stereocenters. The average molecular weight is 517 g/mol. The lowest BCUT2D eigenvalue weighted by Crippen LogP contribution is -2.29. The fourth-order valence-corrected chi connectivity index (χ4v) is 4.40. The summed E-state index contributed by atoms with van der Waals surface area (Å²) in [6.07, 6.45) is 1.44. The molecule has 3 aromatic carbocycles. The van der Waals surface area contributed by atoms with E-state index in [1.54, 1.807) is 11.8 Å². The summed E-state index contributed by atoms with van der Waals surface area (Å²) in [5.41, 5.74) is 3.60. The standard InChI is InChI=1S/C28H25ClN4O4/c1-18-25(27(34)37-15-19-8-4-3-5-9-19)26(33-28(32-18)30-17-31-33)20-12-13-23(24(14-20)35-2)36-16-21-10-6-7-11-22(21)29/h3-14,17,26H,15-16H2,1-2H3,(H,30,31,32). The van der Waals surface area contributed by atoms with E-state index in [2.05, 4.69) is 15.4 Å². The molecule has 0 fully saturated rings. The van der Waals surface area contributed by atoms with Gasteiger partial charge >= 0.3 is 5.97 Å². The van der Waals surface area contributed by atoms with Crippen LogP contribution in [0.5, 0.6) is 11.5 Å². The fraction of sp³-hybridized carbons (Fsp3) is 0.179. The first-order chi connectivity index (χ1) is 18.0. The smallest absolute Gasteiger partial charge is 0.338 e. The number of carbonyl (C=O) groups excluding carboxylic acids is 1. The van der Waals surface area contributed by atoms with Gasteiger partial charge in [0, 0.05) is 16.3 Å². The van der Waals surface area contributed by atoms with Gasteiger partial charge in [0.25, 0.3) is 0 Å². The minimum Gasteiger partial charge on any atom is -0.493 e. The zero-order valence-corrected chi connectivity index (χ0v) is 21.1. The van der Waals surface area contributed by atoms with Gasteiger partial charge in [-0.3, -0.25) is 0 Å². The molecular formula is C28H25ClN4O4. The predicted octanol–water partition coefficient (Wildman–Crippen LogP) is 5.55. The summed E-state index contributed by atoms with van der Waals surface area (Å²) in [6, 6.07) is 22.0. The van der Waals surface area contributed by atoms with E-state index < -0.39 is 12.0 Å². The van der Waals surface area contributed by atoms with E-state index in [1.807, 2.05) is 79.7 Å². The zero-order chi connectivity index (χ0) is 25.8. The number of fused-ring (bicyclic) bond motifs is 1. The van der Waals surface area contributed by atoms with Crippen molar-refractivity contribution in [3.05, 3.63) is 112 Å². The molecule has 188 valence electrons. The normalized spacial score (nSPS) is 14.5. The minimum absolute atomic E-state index is 0.158. The van der Waals surface area contributed by atoms with Crippen molar-refractivity contribution in [1.29, 1.82) is 0 Å². The SMILES string of the molecule is COc1cc(C2C(C(=O)OCc3ccccc3)=C(C)Nc3ncnn32)ccc1OCc1ccccc1Cl. The summed E-state index contributed by atoms with van der Waals surface area (Å²) < 4.78 is 19.0. The molecule has 4 aromatic rings. The zero-order valence-electron chi connectivity index (χ0n) is 20.3. The molecule has 2 heterocycles. The van der Waals surface area contributed by atoms with E-state index >= 15 is 0 Å². The Balaban J connectivity index is 1.44. The number of allylic oxidation sites excluding steroid dienone is 1. The number of carbonyl (C=O) groups is 1. The fourth-order valence-electron chi connectivity index (χ4n) is 4.21. The lowest BCUT2D eigenvalue weighted by molar-refractivity contribution is -0.140. The summed E-state index contributed by atoms with van der Waals surface area (Å²) in [5.74, 6) is 1.14. The van der Waals surface area contributed by atoms with Crippen LogP contribution in [0.1, 0.15) is 29.7 Å². The molecule has 0 bridgehead atoms. The molecule has 1 aliphatic heterocycles. The number of esters is 1. The number of hydrogen-bond acceptors (Lipinski definition) is 7. The van der Waals surface area contributed by atoms with Gasteiger partial charge in [-0.15, -0.1) is 0 Å². The van der Waals surface area contributed by atoms with Crippen LogP contribution in [0.4, 0.5) is 5.95 Å². The highest BCUT2D eigenvalue weighted by atomic mass is 35.5.